The topological polar surface area (TPSA) is 76.4 Å². The van der Waals surface area contributed by atoms with Crippen molar-refractivity contribution in [3.63, 3.8) is 0 Å². The van der Waals surface area contributed by atoms with E-state index in [1.165, 1.54) is 9.75 Å². The van der Waals surface area contributed by atoms with Crippen LogP contribution >= 0.6 is 35.3 Å². The van der Waals surface area contributed by atoms with Crippen molar-refractivity contribution < 1.29 is 4.74 Å². The average molecular weight is 504 g/mol. The van der Waals surface area contributed by atoms with E-state index in [2.05, 4.69) is 39.9 Å². The number of nitrogens with one attached hydrogen (secondary N) is 2. The monoisotopic (exact) mass is 504 g/mol. The van der Waals surface area contributed by atoms with Gasteiger partial charge in [0.15, 0.2) is 11.8 Å². The number of hydrogen-bond acceptors (Lipinski definition) is 5. The van der Waals surface area contributed by atoms with E-state index in [0.29, 0.717) is 6.54 Å². The summed E-state index contributed by atoms with van der Waals surface area (Å²) in [6.45, 7) is 7.01. The van der Waals surface area contributed by atoms with Gasteiger partial charge >= 0.3 is 0 Å². The average Bonchev–Trinajstić information content (AvgIpc) is 3.38. The summed E-state index contributed by atoms with van der Waals surface area (Å²) >= 11 is 1.84. The number of nitrogens with zero attached hydrogens (tertiary/aromatic N) is 4. The Hall–Kier alpha value is -1.20. The van der Waals surface area contributed by atoms with Gasteiger partial charge in [0, 0.05) is 30.0 Å². The summed E-state index contributed by atoms with van der Waals surface area (Å²) < 4.78 is 7.67. The molecule has 1 aliphatic heterocycles. The number of rotatable bonds is 7. The highest BCUT2D eigenvalue weighted by molar-refractivity contribution is 14.0. The molecule has 0 bridgehead atoms. The molecule has 0 saturated carbocycles. The zero-order valence-electron chi connectivity index (χ0n) is 16.2. The first kappa shape index (κ1) is 22.1. The van der Waals surface area contributed by atoms with Crippen molar-refractivity contribution in [2.24, 2.45) is 12.0 Å². The molecular weight excluding hydrogens is 475 g/mol. The number of guanidine groups is 1. The molecule has 1 atom stereocenters. The molecule has 0 spiro atoms. The Bertz CT molecular complexity index is 738. The molecule has 0 aromatic carbocycles. The van der Waals surface area contributed by atoms with Gasteiger partial charge in [0.05, 0.1) is 12.6 Å². The van der Waals surface area contributed by atoms with Gasteiger partial charge in [-0.15, -0.1) is 45.5 Å². The molecule has 2 aromatic rings. The van der Waals surface area contributed by atoms with Crippen LogP contribution in [0.25, 0.3) is 0 Å². The van der Waals surface area contributed by atoms with Gasteiger partial charge in [0.25, 0.3) is 0 Å². The third-order valence-corrected chi connectivity index (χ3v) is 5.81. The lowest BCUT2D eigenvalue weighted by Crippen LogP contribution is -2.40. The van der Waals surface area contributed by atoms with E-state index in [-0.39, 0.29) is 30.1 Å². The zero-order valence-corrected chi connectivity index (χ0v) is 19.3. The Morgan fingerprint density at radius 3 is 2.78 bits per heavy atom. The van der Waals surface area contributed by atoms with E-state index in [0.717, 1.165) is 56.6 Å². The van der Waals surface area contributed by atoms with Crippen LogP contribution in [-0.2, 0) is 31.3 Å². The first-order valence-corrected chi connectivity index (χ1v) is 10.0. The highest BCUT2D eigenvalue weighted by atomic mass is 127. The van der Waals surface area contributed by atoms with Crippen LogP contribution in [0.5, 0.6) is 0 Å². The largest absolute Gasteiger partial charge is 0.376 e. The first-order chi connectivity index (χ1) is 12.7. The Balaban J connectivity index is 0.00000261. The summed E-state index contributed by atoms with van der Waals surface area (Å²) in [5.74, 6) is 2.53. The summed E-state index contributed by atoms with van der Waals surface area (Å²) in [4.78, 5) is 7.40. The van der Waals surface area contributed by atoms with Gasteiger partial charge in [-0.05, 0) is 38.3 Å². The molecule has 3 heterocycles. The quantitative estimate of drug-likeness (QED) is 0.345. The minimum atomic E-state index is 0. The lowest BCUT2D eigenvalue weighted by atomic mass is 10.2. The van der Waals surface area contributed by atoms with Crippen molar-refractivity contribution in [3.05, 3.63) is 33.5 Å². The Labute approximate surface area is 182 Å². The molecule has 0 aliphatic carbocycles. The van der Waals surface area contributed by atoms with Crippen molar-refractivity contribution in [2.45, 2.75) is 52.3 Å². The molecule has 0 amide bonds. The van der Waals surface area contributed by atoms with Gasteiger partial charge in [0.1, 0.15) is 12.4 Å². The van der Waals surface area contributed by atoms with Crippen LogP contribution in [0, 0.1) is 6.92 Å². The minimum Gasteiger partial charge on any atom is -0.376 e. The highest BCUT2D eigenvalue weighted by Crippen LogP contribution is 2.16. The van der Waals surface area contributed by atoms with E-state index in [9.17, 15) is 0 Å². The predicted molar refractivity (Wildman–Crippen MR) is 120 cm³/mol. The smallest absolute Gasteiger partial charge is 0.192 e. The second kappa shape index (κ2) is 11.0. The lowest BCUT2D eigenvalue weighted by Gasteiger charge is -2.15. The van der Waals surface area contributed by atoms with Crippen molar-refractivity contribution in [1.82, 2.24) is 25.4 Å². The number of aryl methyl sites for hydroxylation is 2. The van der Waals surface area contributed by atoms with E-state index < -0.39 is 0 Å². The van der Waals surface area contributed by atoms with Gasteiger partial charge in [0.2, 0.25) is 0 Å². The second-order valence-corrected chi connectivity index (χ2v) is 7.73. The summed E-state index contributed by atoms with van der Waals surface area (Å²) in [5.41, 5.74) is 0. The maximum atomic E-state index is 5.70. The molecule has 7 nitrogen and oxygen atoms in total. The summed E-state index contributed by atoms with van der Waals surface area (Å²) in [7, 11) is 1.96. The number of aliphatic imine (C=N–C) groups is 1. The number of ether oxygens (including phenoxy) is 1. The van der Waals surface area contributed by atoms with E-state index in [1.54, 1.807) is 0 Å². The van der Waals surface area contributed by atoms with Gasteiger partial charge in [-0.2, -0.15) is 0 Å². The van der Waals surface area contributed by atoms with Gasteiger partial charge in [-0.1, -0.05) is 6.92 Å². The van der Waals surface area contributed by atoms with Crippen LogP contribution in [0.15, 0.2) is 17.1 Å². The summed E-state index contributed by atoms with van der Waals surface area (Å²) in [6.07, 6.45) is 3.59. The van der Waals surface area contributed by atoms with Crippen LogP contribution in [0.4, 0.5) is 0 Å². The molecule has 2 N–H and O–H groups in total. The first-order valence-electron chi connectivity index (χ1n) is 9.22. The Morgan fingerprint density at radius 2 is 2.15 bits per heavy atom. The standard InChI is InChI=1S/C18H28N6OS.HI/c1-4-15-7-8-16(26-15)11-20-18(19-10-14-6-5-9-25-14)21-12-17-23-22-13(2)24(17)3;/h7-8,14H,4-6,9-12H2,1-3H3,(H2,19,20,21);1H. The van der Waals surface area contributed by atoms with Crippen LogP contribution in [0.3, 0.4) is 0 Å². The molecule has 1 aliphatic rings. The van der Waals surface area contributed by atoms with Crippen molar-refractivity contribution in [3.8, 4) is 0 Å². The Kier molecular flexibility index (Phi) is 8.97. The molecule has 27 heavy (non-hydrogen) atoms. The van der Waals surface area contributed by atoms with Gasteiger partial charge in [-0.25, -0.2) is 4.99 Å². The van der Waals surface area contributed by atoms with Crippen molar-refractivity contribution >= 4 is 41.3 Å². The van der Waals surface area contributed by atoms with Crippen LogP contribution in [0.2, 0.25) is 0 Å². The number of thiophene rings is 1. The summed E-state index contributed by atoms with van der Waals surface area (Å²) in [5, 5.41) is 15.1. The van der Waals surface area contributed by atoms with Crippen molar-refractivity contribution in [2.75, 3.05) is 13.2 Å². The Morgan fingerprint density at radius 1 is 1.33 bits per heavy atom. The molecular formula is C18H29IN6OS. The fourth-order valence-corrected chi connectivity index (χ4v) is 3.70. The molecule has 0 radical (unpaired) electrons. The molecule has 9 heteroatoms. The molecule has 1 fully saturated rings. The SMILES string of the molecule is CCc1ccc(CNC(=NCc2nnc(C)n2C)NCC2CCCO2)s1.I. The van der Waals surface area contributed by atoms with Crippen molar-refractivity contribution in [1.29, 1.82) is 0 Å². The maximum Gasteiger partial charge on any atom is 0.192 e. The van der Waals surface area contributed by atoms with E-state index in [4.69, 9.17) is 9.73 Å². The molecule has 2 aromatic heterocycles. The number of halogens is 1. The third-order valence-electron chi connectivity index (χ3n) is 4.58. The normalized spacial score (nSPS) is 17.0. The molecule has 1 unspecified atom stereocenters. The van der Waals surface area contributed by atoms with Crippen LogP contribution in [0.1, 0.15) is 41.2 Å². The lowest BCUT2D eigenvalue weighted by molar-refractivity contribution is 0.114. The second-order valence-electron chi connectivity index (χ2n) is 6.48. The van der Waals surface area contributed by atoms with E-state index >= 15 is 0 Å². The van der Waals surface area contributed by atoms with Gasteiger partial charge in [-0.3, -0.25) is 0 Å². The number of aromatic nitrogens is 3. The molecule has 1 saturated heterocycles. The fourth-order valence-electron chi connectivity index (χ4n) is 2.81. The predicted octanol–water partition coefficient (Wildman–Crippen LogP) is 2.78. The third kappa shape index (κ3) is 6.42. The zero-order chi connectivity index (χ0) is 18.4. The fraction of sp³-hybridized carbons (Fsp3) is 0.611. The molecule has 150 valence electrons. The highest BCUT2D eigenvalue weighted by Gasteiger charge is 2.16. The van der Waals surface area contributed by atoms with Crippen LogP contribution < -0.4 is 10.6 Å². The maximum absolute atomic E-state index is 5.70. The molecule has 3 rings (SSSR count). The minimum absolute atomic E-state index is 0. The van der Waals surface area contributed by atoms with E-state index in [1.807, 2.05) is 29.9 Å². The van der Waals surface area contributed by atoms with Gasteiger partial charge < -0.3 is 19.9 Å². The summed E-state index contributed by atoms with van der Waals surface area (Å²) in [6, 6.07) is 4.38. The van der Waals surface area contributed by atoms with Crippen LogP contribution in [-0.4, -0.2) is 40.0 Å². The number of hydrogen-bond donors (Lipinski definition) is 2.